The zero-order valence-electron chi connectivity index (χ0n) is 13.3. The van der Waals surface area contributed by atoms with Crippen molar-refractivity contribution in [2.24, 2.45) is 0 Å². The molecule has 0 saturated heterocycles. The molecule has 0 rings (SSSR count). The second kappa shape index (κ2) is 36.3. The number of nitrogens with one attached hydrogen (secondary N) is 2. The molecular weight excluding hydrogens is 264 g/mol. The highest BCUT2D eigenvalue weighted by Crippen LogP contribution is 2.11. The van der Waals surface area contributed by atoms with Crippen LogP contribution in [0.4, 0.5) is 0 Å². The Hall–Kier alpha value is -1.24. The van der Waals surface area contributed by atoms with E-state index in [1.54, 1.807) is 0 Å². The van der Waals surface area contributed by atoms with Gasteiger partial charge in [0, 0.05) is 0 Å². The molecule has 0 heterocycles. The molecule has 0 bridgehead atoms. The van der Waals surface area contributed by atoms with Crippen molar-refractivity contribution in [3.8, 4) is 0 Å². The van der Waals surface area contributed by atoms with Crippen LogP contribution < -0.4 is 0 Å². The first kappa shape index (κ1) is 28.0. The molecule has 0 aliphatic rings. The first-order valence-electron chi connectivity index (χ1n) is 7.82. The van der Waals surface area contributed by atoms with Gasteiger partial charge >= 0.3 is 0 Å². The summed E-state index contributed by atoms with van der Waals surface area (Å²) in [4.78, 5) is 16.7. The van der Waals surface area contributed by atoms with Crippen LogP contribution in [0.5, 0.6) is 0 Å². The molecule has 126 valence electrons. The van der Waals surface area contributed by atoms with E-state index in [1.165, 1.54) is 77.0 Å². The Kier molecular flexibility index (Phi) is 48.5. The lowest BCUT2D eigenvalue weighted by molar-refractivity contribution is 0.548. The van der Waals surface area contributed by atoms with E-state index in [4.69, 9.17) is 20.4 Å². The summed E-state index contributed by atoms with van der Waals surface area (Å²) >= 11 is 0. The van der Waals surface area contributed by atoms with Gasteiger partial charge in [0.2, 0.25) is 12.2 Å². The standard InChI is InChI=1S/C14H30.2CHNO.CH4/c1-3-5-7-9-11-13-14-12-10-8-6-4-2;2*2-1-3;/h3-14H2,1-2H3;2*2H;1H4. The molecule has 0 radical (unpaired) electrons. The van der Waals surface area contributed by atoms with Crippen molar-refractivity contribution in [3.05, 3.63) is 0 Å². The summed E-state index contributed by atoms with van der Waals surface area (Å²) in [6, 6.07) is 0. The average Bonchev–Trinajstić information content (AvgIpc) is 2.43. The van der Waals surface area contributed by atoms with Crippen molar-refractivity contribution in [2.75, 3.05) is 0 Å². The van der Waals surface area contributed by atoms with Crippen molar-refractivity contribution in [1.82, 2.24) is 0 Å². The quantitative estimate of drug-likeness (QED) is 0.273. The molecular formula is C17H36N2O2. The van der Waals surface area contributed by atoms with Crippen molar-refractivity contribution in [3.63, 3.8) is 0 Å². The normalized spacial score (nSPS) is 7.90. The van der Waals surface area contributed by atoms with Gasteiger partial charge < -0.3 is 0 Å². The van der Waals surface area contributed by atoms with E-state index in [0.29, 0.717) is 0 Å². The Morgan fingerprint density at radius 2 is 0.714 bits per heavy atom. The van der Waals surface area contributed by atoms with Gasteiger partial charge in [-0.15, -0.1) is 0 Å². The van der Waals surface area contributed by atoms with Crippen LogP contribution in [0.3, 0.4) is 0 Å². The average molecular weight is 300 g/mol. The fourth-order valence-corrected chi connectivity index (χ4v) is 1.91. The highest BCUT2D eigenvalue weighted by molar-refractivity contribution is 5.26. The first-order valence-corrected chi connectivity index (χ1v) is 7.82. The smallest absolute Gasteiger partial charge is 0.222 e. The maximum Gasteiger partial charge on any atom is 0.231 e. The van der Waals surface area contributed by atoms with Gasteiger partial charge in [-0.1, -0.05) is 98.3 Å². The van der Waals surface area contributed by atoms with Gasteiger partial charge in [0.1, 0.15) is 0 Å². The third kappa shape index (κ3) is 55.3. The molecule has 0 atom stereocenters. The molecule has 0 spiro atoms. The Balaban J connectivity index is -0.000000177. The minimum atomic E-state index is 0. The minimum absolute atomic E-state index is 0. The summed E-state index contributed by atoms with van der Waals surface area (Å²) in [5.74, 6) is 0. The van der Waals surface area contributed by atoms with Gasteiger partial charge in [-0.25, -0.2) is 20.4 Å². The summed E-state index contributed by atoms with van der Waals surface area (Å²) < 4.78 is 0. The third-order valence-corrected chi connectivity index (χ3v) is 2.96. The molecule has 21 heavy (non-hydrogen) atoms. The zero-order valence-corrected chi connectivity index (χ0v) is 13.3. The molecule has 0 aliphatic heterocycles. The number of rotatable bonds is 11. The lowest BCUT2D eigenvalue weighted by atomic mass is 10.1. The lowest BCUT2D eigenvalue weighted by Crippen LogP contribution is -1.81. The molecule has 4 heteroatoms. The van der Waals surface area contributed by atoms with Gasteiger partial charge in [-0.3, -0.25) is 0 Å². The van der Waals surface area contributed by atoms with Crippen molar-refractivity contribution in [2.45, 2.75) is 98.3 Å². The first-order chi connectivity index (χ1) is 9.74. The van der Waals surface area contributed by atoms with E-state index >= 15 is 0 Å². The van der Waals surface area contributed by atoms with E-state index in [2.05, 4.69) is 13.8 Å². The van der Waals surface area contributed by atoms with Gasteiger partial charge in [0.15, 0.2) is 0 Å². The van der Waals surface area contributed by atoms with Gasteiger partial charge in [0.05, 0.1) is 0 Å². The third-order valence-electron chi connectivity index (χ3n) is 2.96. The van der Waals surface area contributed by atoms with Crippen LogP contribution in [-0.2, 0) is 9.59 Å². The van der Waals surface area contributed by atoms with E-state index in [9.17, 15) is 0 Å². The predicted octanol–water partition coefficient (Wildman–Crippen LogP) is 6.15. The Morgan fingerprint density at radius 3 is 0.857 bits per heavy atom. The Morgan fingerprint density at radius 1 is 0.571 bits per heavy atom. The maximum atomic E-state index is 8.35. The Labute approximate surface area is 131 Å². The summed E-state index contributed by atoms with van der Waals surface area (Å²) in [6.45, 7) is 4.57. The molecule has 0 unspecified atom stereocenters. The highest BCUT2D eigenvalue weighted by atomic mass is 16.1. The van der Waals surface area contributed by atoms with Crippen LogP contribution in [0.1, 0.15) is 98.3 Å². The zero-order chi connectivity index (χ0) is 15.9. The summed E-state index contributed by atoms with van der Waals surface area (Å²) in [6.07, 6.45) is 18.9. The predicted molar refractivity (Wildman–Crippen MR) is 90.3 cm³/mol. The second-order valence-corrected chi connectivity index (χ2v) is 4.74. The molecule has 0 aliphatic carbocycles. The van der Waals surface area contributed by atoms with Gasteiger partial charge in [-0.2, -0.15) is 0 Å². The van der Waals surface area contributed by atoms with E-state index in [0.717, 1.165) is 12.2 Å². The van der Waals surface area contributed by atoms with Crippen LogP contribution >= 0.6 is 0 Å². The molecule has 0 saturated carbocycles. The van der Waals surface area contributed by atoms with Crippen molar-refractivity contribution >= 4 is 12.2 Å². The number of hydrogen-bond donors (Lipinski definition) is 2. The topological polar surface area (TPSA) is 81.8 Å². The van der Waals surface area contributed by atoms with E-state index < -0.39 is 0 Å². The van der Waals surface area contributed by atoms with E-state index in [-0.39, 0.29) is 7.43 Å². The van der Waals surface area contributed by atoms with Crippen LogP contribution in [0.25, 0.3) is 0 Å². The highest BCUT2D eigenvalue weighted by Gasteiger charge is 1.91. The summed E-state index contributed by atoms with van der Waals surface area (Å²) in [7, 11) is 0. The van der Waals surface area contributed by atoms with E-state index in [1.807, 2.05) is 0 Å². The molecule has 0 aromatic rings. The number of unbranched alkanes of at least 4 members (excludes halogenated alkanes) is 11. The molecule has 0 amide bonds. The molecule has 4 nitrogen and oxygen atoms in total. The van der Waals surface area contributed by atoms with Crippen molar-refractivity contribution in [1.29, 1.82) is 10.8 Å². The SMILES string of the molecule is C.CCCCCCCCCCCCCC.N=C=O.N=C=O. The molecule has 0 aromatic heterocycles. The Bertz CT molecular complexity index is 195. The van der Waals surface area contributed by atoms with Crippen LogP contribution in [-0.4, -0.2) is 12.2 Å². The second-order valence-electron chi connectivity index (χ2n) is 4.74. The number of carbonyl (C=O) groups excluding carboxylic acids is 2. The number of hydrogen-bond acceptors (Lipinski definition) is 4. The van der Waals surface area contributed by atoms with Gasteiger partial charge in [0.25, 0.3) is 0 Å². The van der Waals surface area contributed by atoms with Crippen LogP contribution in [0.15, 0.2) is 0 Å². The number of isocyanates is 2. The van der Waals surface area contributed by atoms with Crippen LogP contribution in [0, 0.1) is 10.8 Å². The maximum absolute atomic E-state index is 8.35. The fourth-order valence-electron chi connectivity index (χ4n) is 1.91. The van der Waals surface area contributed by atoms with Crippen LogP contribution in [0.2, 0.25) is 0 Å². The minimum Gasteiger partial charge on any atom is -0.222 e. The molecule has 0 fully saturated rings. The lowest BCUT2D eigenvalue weighted by Gasteiger charge is -2.01. The van der Waals surface area contributed by atoms with Gasteiger partial charge in [-0.05, 0) is 0 Å². The molecule has 2 N–H and O–H groups in total. The summed E-state index contributed by atoms with van der Waals surface area (Å²) in [5, 5.41) is 10.8. The molecule has 0 aromatic carbocycles. The monoisotopic (exact) mass is 300 g/mol. The van der Waals surface area contributed by atoms with Crippen molar-refractivity contribution < 1.29 is 9.59 Å². The largest absolute Gasteiger partial charge is 0.231 e. The fraction of sp³-hybridized carbons (Fsp3) is 0.882. The summed E-state index contributed by atoms with van der Waals surface area (Å²) in [5.41, 5.74) is 0.